The third-order valence-electron chi connectivity index (χ3n) is 0.521. The predicted octanol–water partition coefficient (Wildman–Crippen LogP) is 2.56. The number of aliphatic carboxylic acids is 1. The molecule has 0 spiro atoms. The Bertz CT molecular complexity index is 169. The summed E-state index contributed by atoms with van der Waals surface area (Å²) in [4.78, 5) is 9.92. The van der Waals surface area contributed by atoms with Crippen LogP contribution < -0.4 is 0 Å². The predicted molar refractivity (Wildman–Crippen MR) is 41.9 cm³/mol. The first kappa shape index (κ1) is 10.4. The summed E-state index contributed by atoms with van der Waals surface area (Å²) < 4.78 is -1.85. The van der Waals surface area contributed by atoms with Gasteiger partial charge in [-0.3, -0.25) is 0 Å². The van der Waals surface area contributed by atoms with E-state index in [4.69, 9.17) is 51.5 Å². The molecular formula is C4H2Cl4O2. The molecule has 10 heavy (non-hydrogen) atoms. The third-order valence-corrected chi connectivity index (χ3v) is 1.81. The molecule has 58 valence electrons. The summed E-state index contributed by atoms with van der Waals surface area (Å²) in [5.74, 6) is -1.25. The summed E-state index contributed by atoms with van der Waals surface area (Å²) in [6.07, 6.45) is 0.620. The van der Waals surface area contributed by atoms with Crippen LogP contribution in [0.2, 0.25) is 0 Å². The van der Waals surface area contributed by atoms with Gasteiger partial charge in [0.05, 0.1) is 5.03 Å². The standard InChI is InChI=1S/C4H2Cl4O2/c5-2(1-3(9)10)4(6,7)8/h1H,(H,9,10). The minimum absolute atomic E-state index is 0.343. The van der Waals surface area contributed by atoms with Crippen molar-refractivity contribution < 1.29 is 9.90 Å². The highest BCUT2D eigenvalue weighted by Gasteiger charge is 2.24. The Morgan fingerprint density at radius 2 is 1.80 bits per heavy atom. The molecule has 0 heterocycles. The molecule has 0 atom stereocenters. The van der Waals surface area contributed by atoms with Crippen LogP contribution >= 0.6 is 46.4 Å². The van der Waals surface area contributed by atoms with Gasteiger partial charge in [0.1, 0.15) is 0 Å². The first-order chi connectivity index (χ1) is 4.34. The highest BCUT2D eigenvalue weighted by molar-refractivity contribution is 6.73. The second-order valence-corrected chi connectivity index (χ2v) is 4.02. The number of hydrogen-bond donors (Lipinski definition) is 1. The first-order valence-electron chi connectivity index (χ1n) is 2.01. The highest BCUT2D eigenvalue weighted by atomic mass is 35.6. The van der Waals surface area contributed by atoms with Gasteiger partial charge in [0, 0.05) is 6.08 Å². The van der Waals surface area contributed by atoms with Gasteiger partial charge in [0.25, 0.3) is 0 Å². The van der Waals surface area contributed by atoms with Crippen LogP contribution in [0.25, 0.3) is 0 Å². The number of alkyl halides is 3. The van der Waals surface area contributed by atoms with Gasteiger partial charge < -0.3 is 5.11 Å². The van der Waals surface area contributed by atoms with Crippen molar-refractivity contribution in [3.63, 3.8) is 0 Å². The lowest BCUT2D eigenvalue weighted by atomic mass is 10.5. The monoisotopic (exact) mass is 222 g/mol. The van der Waals surface area contributed by atoms with Crippen molar-refractivity contribution in [1.82, 2.24) is 0 Å². The van der Waals surface area contributed by atoms with Crippen molar-refractivity contribution in [2.24, 2.45) is 0 Å². The summed E-state index contributed by atoms with van der Waals surface area (Å²) >= 11 is 20.8. The molecule has 1 N–H and O–H groups in total. The third kappa shape index (κ3) is 4.23. The van der Waals surface area contributed by atoms with E-state index in [1.807, 2.05) is 0 Å². The normalized spacial score (nSPS) is 13.4. The number of allylic oxidation sites excluding steroid dienone is 1. The molecule has 0 aromatic carbocycles. The molecule has 0 saturated carbocycles. The highest BCUT2D eigenvalue weighted by Crippen LogP contribution is 2.36. The van der Waals surface area contributed by atoms with Gasteiger partial charge in [-0.25, -0.2) is 4.79 Å². The lowest BCUT2D eigenvalue weighted by molar-refractivity contribution is -0.131. The molecule has 0 rings (SSSR count). The fourth-order valence-electron chi connectivity index (χ4n) is 0.190. The van der Waals surface area contributed by atoms with Gasteiger partial charge in [-0.05, 0) is 0 Å². The van der Waals surface area contributed by atoms with Crippen molar-refractivity contribution in [2.45, 2.75) is 3.79 Å². The van der Waals surface area contributed by atoms with Crippen LogP contribution in [-0.4, -0.2) is 14.9 Å². The number of carbonyl (C=O) groups is 1. The SMILES string of the molecule is O=C(O)C=C(Cl)C(Cl)(Cl)Cl. The largest absolute Gasteiger partial charge is 0.478 e. The van der Waals surface area contributed by atoms with E-state index < -0.39 is 9.76 Å². The van der Waals surface area contributed by atoms with Crippen molar-refractivity contribution in [1.29, 1.82) is 0 Å². The lowest BCUT2D eigenvalue weighted by Gasteiger charge is -2.06. The van der Waals surface area contributed by atoms with Crippen molar-refractivity contribution in [2.75, 3.05) is 0 Å². The number of rotatable bonds is 1. The molecular weight excluding hydrogens is 222 g/mol. The Hall–Kier alpha value is 0.370. The molecule has 0 aliphatic heterocycles. The van der Waals surface area contributed by atoms with Crippen LogP contribution in [0.15, 0.2) is 11.1 Å². The van der Waals surface area contributed by atoms with Gasteiger partial charge in [-0.1, -0.05) is 46.4 Å². The molecule has 0 amide bonds. The van der Waals surface area contributed by atoms with Gasteiger partial charge in [-0.15, -0.1) is 0 Å². The van der Waals surface area contributed by atoms with E-state index in [-0.39, 0.29) is 5.03 Å². The summed E-state index contributed by atoms with van der Waals surface area (Å²) in [6.45, 7) is 0. The summed E-state index contributed by atoms with van der Waals surface area (Å²) in [5, 5.41) is 7.77. The van der Waals surface area contributed by atoms with E-state index in [9.17, 15) is 4.79 Å². The maximum atomic E-state index is 9.92. The molecule has 0 aliphatic rings. The van der Waals surface area contributed by atoms with Crippen LogP contribution in [0, 0.1) is 0 Å². The van der Waals surface area contributed by atoms with Crippen LogP contribution in [0.5, 0.6) is 0 Å². The Morgan fingerprint density at radius 3 is 1.90 bits per heavy atom. The maximum absolute atomic E-state index is 9.92. The fourth-order valence-corrected chi connectivity index (χ4v) is 0.447. The Kier molecular flexibility index (Phi) is 3.81. The fraction of sp³-hybridized carbons (Fsp3) is 0.250. The van der Waals surface area contributed by atoms with Crippen molar-refractivity contribution in [3.05, 3.63) is 11.1 Å². The zero-order chi connectivity index (χ0) is 8.36. The van der Waals surface area contributed by atoms with E-state index in [0.717, 1.165) is 0 Å². The molecule has 0 bridgehead atoms. The zero-order valence-electron chi connectivity index (χ0n) is 4.44. The number of hydrogen-bond acceptors (Lipinski definition) is 1. The Morgan fingerprint density at radius 1 is 1.40 bits per heavy atom. The average molecular weight is 224 g/mol. The van der Waals surface area contributed by atoms with E-state index >= 15 is 0 Å². The molecule has 0 aromatic heterocycles. The van der Waals surface area contributed by atoms with Crippen molar-refractivity contribution in [3.8, 4) is 0 Å². The second kappa shape index (κ2) is 3.67. The topological polar surface area (TPSA) is 37.3 Å². The zero-order valence-corrected chi connectivity index (χ0v) is 7.47. The minimum atomic E-state index is -1.85. The van der Waals surface area contributed by atoms with Crippen LogP contribution in [0.1, 0.15) is 0 Å². The van der Waals surface area contributed by atoms with E-state index in [0.29, 0.717) is 6.08 Å². The summed E-state index contributed by atoms with van der Waals surface area (Å²) in [6, 6.07) is 0. The van der Waals surface area contributed by atoms with Crippen LogP contribution in [-0.2, 0) is 4.79 Å². The quantitative estimate of drug-likeness (QED) is 0.548. The molecule has 0 saturated heterocycles. The second-order valence-electron chi connectivity index (χ2n) is 1.33. The first-order valence-corrected chi connectivity index (χ1v) is 3.52. The summed E-state index contributed by atoms with van der Waals surface area (Å²) in [7, 11) is 0. The average Bonchev–Trinajstić information content (AvgIpc) is 1.60. The molecule has 0 aliphatic carbocycles. The van der Waals surface area contributed by atoms with E-state index in [2.05, 4.69) is 0 Å². The van der Waals surface area contributed by atoms with E-state index in [1.165, 1.54) is 0 Å². The van der Waals surface area contributed by atoms with Gasteiger partial charge in [0.15, 0.2) is 0 Å². The molecule has 0 unspecified atom stereocenters. The smallest absolute Gasteiger partial charge is 0.329 e. The summed E-state index contributed by atoms with van der Waals surface area (Å²) in [5.41, 5.74) is 0. The lowest BCUT2D eigenvalue weighted by Crippen LogP contribution is -2.03. The Balaban J connectivity index is 4.35. The maximum Gasteiger partial charge on any atom is 0.329 e. The molecule has 2 nitrogen and oxygen atoms in total. The van der Waals surface area contributed by atoms with Gasteiger partial charge in [0.2, 0.25) is 3.79 Å². The van der Waals surface area contributed by atoms with Gasteiger partial charge in [-0.2, -0.15) is 0 Å². The number of carboxylic acids is 1. The minimum Gasteiger partial charge on any atom is -0.478 e. The number of halogens is 4. The van der Waals surface area contributed by atoms with Crippen molar-refractivity contribution >= 4 is 52.4 Å². The number of carboxylic acid groups (broad SMARTS) is 1. The molecule has 0 fully saturated rings. The molecule has 6 heteroatoms. The van der Waals surface area contributed by atoms with Crippen LogP contribution in [0.3, 0.4) is 0 Å². The van der Waals surface area contributed by atoms with Crippen LogP contribution in [0.4, 0.5) is 0 Å². The molecule has 0 radical (unpaired) electrons. The molecule has 0 aromatic rings. The Labute approximate surface area is 77.3 Å². The van der Waals surface area contributed by atoms with Gasteiger partial charge >= 0.3 is 5.97 Å². The van der Waals surface area contributed by atoms with E-state index in [1.54, 1.807) is 0 Å².